The topological polar surface area (TPSA) is 154 Å². The summed E-state index contributed by atoms with van der Waals surface area (Å²) < 4.78 is 5.73. The zero-order chi connectivity index (χ0) is 29.9. The maximum Gasteiger partial charge on any atom is 0.325 e. The number of carbonyl (C=O) groups excluding carboxylic acids is 4. The minimum Gasteiger partial charge on any atom is -0.455 e. The number of amides is 3. The van der Waals surface area contributed by atoms with Crippen LogP contribution < -0.4 is 16.1 Å². The van der Waals surface area contributed by atoms with Gasteiger partial charge in [-0.1, -0.05) is 44.2 Å². The van der Waals surface area contributed by atoms with E-state index >= 15 is 0 Å². The van der Waals surface area contributed by atoms with E-state index in [0.29, 0.717) is 36.2 Å². The molecule has 2 aliphatic rings. The van der Waals surface area contributed by atoms with Crippen LogP contribution in [0.5, 0.6) is 0 Å². The summed E-state index contributed by atoms with van der Waals surface area (Å²) in [6, 6.07) is 8.59. The number of fused-ring (bicyclic) bond motifs is 4. The van der Waals surface area contributed by atoms with E-state index in [1.54, 1.807) is 39.8 Å². The second-order valence-corrected chi connectivity index (χ2v) is 11.2. The Kier molecular flexibility index (Phi) is 8.73. The largest absolute Gasteiger partial charge is 0.455 e. The normalized spacial score (nSPS) is 29.0. The number of carbonyl (C=O) groups is 4. The summed E-state index contributed by atoms with van der Waals surface area (Å²) in [6.07, 6.45) is 3.55. The van der Waals surface area contributed by atoms with Gasteiger partial charge in [-0.25, -0.2) is 10.4 Å². The fourth-order valence-electron chi connectivity index (χ4n) is 4.76. The van der Waals surface area contributed by atoms with E-state index in [9.17, 15) is 24.4 Å². The van der Waals surface area contributed by atoms with Crippen molar-refractivity contribution in [3.05, 3.63) is 47.7 Å². The Labute approximate surface area is 239 Å². The van der Waals surface area contributed by atoms with Crippen molar-refractivity contribution in [1.82, 2.24) is 26.1 Å². The molecular formula is C30H36N6O5. The van der Waals surface area contributed by atoms with Crippen molar-refractivity contribution < 1.29 is 23.9 Å². The van der Waals surface area contributed by atoms with E-state index < -0.39 is 53.3 Å². The number of benzene rings is 1. The number of rotatable bonds is 1. The second kappa shape index (κ2) is 12.1. The molecule has 3 amide bonds. The van der Waals surface area contributed by atoms with Gasteiger partial charge in [0.15, 0.2) is 5.41 Å². The molecular weight excluding hydrogens is 524 g/mol. The summed E-state index contributed by atoms with van der Waals surface area (Å²) in [6.45, 7) is 8.62. The molecule has 5 bridgehead atoms. The number of nitrogens with one attached hydrogen (secondary N) is 3. The number of ether oxygens (including phenoxy) is 1. The number of esters is 1. The highest BCUT2D eigenvalue weighted by molar-refractivity contribution is 5.95. The minimum absolute atomic E-state index is 0.329. The lowest BCUT2D eigenvalue weighted by molar-refractivity contribution is -0.157. The van der Waals surface area contributed by atoms with E-state index in [1.165, 1.54) is 18.0 Å². The van der Waals surface area contributed by atoms with Gasteiger partial charge in [-0.2, -0.15) is 5.26 Å². The molecule has 0 saturated carbocycles. The van der Waals surface area contributed by atoms with Crippen molar-refractivity contribution in [3.8, 4) is 6.07 Å². The Morgan fingerprint density at radius 3 is 2.56 bits per heavy atom. The van der Waals surface area contributed by atoms with Crippen LogP contribution in [0.4, 0.5) is 0 Å². The highest BCUT2D eigenvalue weighted by Gasteiger charge is 2.37. The maximum atomic E-state index is 13.3. The van der Waals surface area contributed by atoms with Crippen LogP contribution in [0.3, 0.4) is 0 Å². The van der Waals surface area contributed by atoms with Crippen LogP contribution >= 0.6 is 0 Å². The Morgan fingerprint density at radius 1 is 1.12 bits per heavy atom. The van der Waals surface area contributed by atoms with E-state index in [2.05, 4.69) is 21.0 Å². The molecule has 41 heavy (non-hydrogen) atoms. The predicted octanol–water partition coefficient (Wildman–Crippen LogP) is 2.54. The molecule has 1 unspecified atom stereocenters. The van der Waals surface area contributed by atoms with E-state index in [0.717, 1.165) is 5.39 Å². The second-order valence-electron chi connectivity index (χ2n) is 11.2. The molecule has 1 aromatic carbocycles. The Bertz CT molecular complexity index is 1430. The first-order valence-corrected chi connectivity index (χ1v) is 13.8. The molecule has 2 aliphatic heterocycles. The van der Waals surface area contributed by atoms with Crippen LogP contribution in [0, 0.1) is 22.7 Å². The summed E-state index contributed by atoms with van der Waals surface area (Å²) in [4.78, 5) is 57.4. The zero-order valence-electron chi connectivity index (χ0n) is 23.9. The highest BCUT2D eigenvalue weighted by atomic mass is 16.5. The predicted molar refractivity (Wildman–Crippen MR) is 151 cm³/mol. The number of hydrogen-bond acceptors (Lipinski definition) is 8. The van der Waals surface area contributed by atoms with Gasteiger partial charge in [0.25, 0.3) is 5.91 Å². The third kappa shape index (κ3) is 6.55. The van der Waals surface area contributed by atoms with Gasteiger partial charge in [0.05, 0.1) is 17.3 Å². The maximum absolute atomic E-state index is 13.3. The molecule has 3 N–H and O–H groups in total. The van der Waals surface area contributed by atoms with Gasteiger partial charge in [0.2, 0.25) is 11.8 Å². The molecule has 0 aliphatic carbocycles. The van der Waals surface area contributed by atoms with Crippen molar-refractivity contribution in [2.24, 2.45) is 11.3 Å². The summed E-state index contributed by atoms with van der Waals surface area (Å²) in [7, 11) is 0. The van der Waals surface area contributed by atoms with Crippen LogP contribution in [0.2, 0.25) is 0 Å². The van der Waals surface area contributed by atoms with Crippen molar-refractivity contribution in [1.29, 1.82) is 5.26 Å². The lowest BCUT2D eigenvalue weighted by Gasteiger charge is -2.35. The molecule has 216 valence electrons. The van der Waals surface area contributed by atoms with Crippen molar-refractivity contribution >= 4 is 40.7 Å². The molecule has 11 nitrogen and oxygen atoms in total. The Morgan fingerprint density at radius 2 is 1.85 bits per heavy atom. The minimum atomic E-state index is -1.58. The van der Waals surface area contributed by atoms with Crippen molar-refractivity contribution in [2.75, 3.05) is 6.54 Å². The van der Waals surface area contributed by atoms with Crippen LogP contribution in [0.15, 0.2) is 36.4 Å². The van der Waals surface area contributed by atoms with Gasteiger partial charge < -0.3 is 15.4 Å². The van der Waals surface area contributed by atoms with Gasteiger partial charge in [0, 0.05) is 11.9 Å². The number of nitrogens with zero attached hydrogens (tertiary/aromatic N) is 3. The molecule has 1 aromatic heterocycles. The smallest absolute Gasteiger partial charge is 0.325 e. The Balaban J connectivity index is 1.73. The van der Waals surface area contributed by atoms with Gasteiger partial charge in [-0.15, -0.1) is 0 Å². The number of aromatic nitrogens is 1. The Hall–Kier alpha value is -4.30. The SMILES string of the molecule is CC(C)[C@@H]1NC(=O)C(C)(C#N)/C=C/c2ccc3ccc(nc3c2)[C@@H](C)OC(=O)[C@@H]2CCCN(N2)C(=O)[C@H](C)NC1=O. The van der Waals surface area contributed by atoms with Crippen molar-refractivity contribution in [3.63, 3.8) is 0 Å². The van der Waals surface area contributed by atoms with Crippen LogP contribution in [0.1, 0.15) is 64.8 Å². The average Bonchev–Trinajstić information content (AvgIpc) is 2.96. The quantitative estimate of drug-likeness (QED) is 0.450. The first kappa shape index (κ1) is 29.7. The molecule has 1 saturated heterocycles. The molecule has 3 heterocycles. The summed E-state index contributed by atoms with van der Waals surface area (Å²) in [5, 5.41) is 17.5. The van der Waals surface area contributed by atoms with Crippen molar-refractivity contribution in [2.45, 2.75) is 71.7 Å². The molecule has 1 fully saturated rings. The summed E-state index contributed by atoms with van der Waals surface area (Å²) in [5.41, 5.74) is 3.29. The monoisotopic (exact) mass is 560 g/mol. The van der Waals surface area contributed by atoms with E-state index in [1.807, 2.05) is 30.3 Å². The number of hydrogen-bond donors (Lipinski definition) is 3. The third-order valence-electron chi connectivity index (χ3n) is 7.46. The van der Waals surface area contributed by atoms with Crippen LogP contribution in [-0.4, -0.2) is 58.4 Å². The number of hydrazine groups is 1. The molecule has 2 aromatic rings. The first-order chi connectivity index (χ1) is 19.4. The summed E-state index contributed by atoms with van der Waals surface area (Å²) in [5.74, 6) is -2.46. The number of nitriles is 1. The third-order valence-corrected chi connectivity index (χ3v) is 7.46. The summed E-state index contributed by atoms with van der Waals surface area (Å²) >= 11 is 0. The first-order valence-electron chi connectivity index (χ1n) is 13.8. The molecule has 0 spiro atoms. The van der Waals surface area contributed by atoms with Gasteiger partial charge in [0.1, 0.15) is 24.2 Å². The fourth-order valence-corrected chi connectivity index (χ4v) is 4.76. The fraction of sp³-hybridized carbons (Fsp3) is 0.467. The molecule has 5 atom stereocenters. The lowest BCUT2D eigenvalue weighted by atomic mass is 9.89. The average molecular weight is 561 g/mol. The molecule has 4 rings (SSSR count). The van der Waals surface area contributed by atoms with Crippen LogP contribution in [-0.2, 0) is 23.9 Å². The number of cyclic esters (lactones) is 1. The lowest BCUT2D eigenvalue weighted by Crippen LogP contribution is -2.61. The zero-order valence-corrected chi connectivity index (χ0v) is 23.9. The van der Waals surface area contributed by atoms with Gasteiger partial charge in [-0.3, -0.25) is 24.2 Å². The van der Waals surface area contributed by atoms with Crippen LogP contribution in [0.25, 0.3) is 17.0 Å². The molecule has 0 radical (unpaired) electrons. The van der Waals surface area contributed by atoms with Gasteiger partial charge in [-0.05, 0) is 57.2 Å². The number of pyridine rings is 1. The molecule has 11 heteroatoms. The van der Waals surface area contributed by atoms with Gasteiger partial charge >= 0.3 is 5.97 Å². The standard InChI is InChI=1S/C30H36N6O5/c1-17(2)25-26(37)32-18(3)27(38)36-14-6-7-23(35-36)28(39)41-19(4)22-11-10-21-9-8-20(15-24(21)33-22)12-13-30(5,16-31)29(40)34-25/h8-13,15,17-19,23,25,35H,6-7,14H2,1-5H3,(H,32,37)(H,34,40)/b13-12+/t18-,19+,23-,25-,30?/m0/s1. The van der Waals surface area contributed by atoms with E-state index in [-0.39, 0.29) is 5.92 Å². The highest BCUT2D eigenvalue weighted by Crippen LogP contribution is 2.25. The van der Waals surface area contributed by atoms with E-state index in [4.69, 9.17) is 4.74 Å².